The molecule has 0 radical (unpaired) electrons. The van der Waals surface area contributed by atoms with E-state index < -0.39 is 5.91 Å². The first-order valence-electron chi connectivity index (χ1n) is 9.63. The van der Waals surface area contributed by atoms with Crippen molar-refractivity contribution in [2.75, 3.05) is 23.8 Å². The minimum absolute atomic E-state index is 0.142. The van der Waals surface area contributed by atoms with Crippen LogP contribution < -0.4 is 20.1 Å². The predicted octanol–water partition coefficient (Wildman–Crippen LogP) is 4.38. The standard InChI is InChI=1S/C23H23N3O4/c1-3-29-19-9-5-17(6-10-19)25-22(27)16-13-14-24-21(15-16)23(28)26-18-7-11-20(12-8-18)30-4-2/h5-15H,3-4H2,1-2H3,(H,25,27)(H,26,28). The summed E-state index contributed by atoms with van der Waals surface area (Å²) in [5.41, 5.74) is 1.70. The van der Waals surface area contributed by atoms with E-state index in [1.807, 2.05) is 13.8 Å². The molecule has 154 valence electrons. The van der Waals surface area contributed by atoms with Crippen molar-refractivity contribution in [3.8, 4) is 11.5 Å². The molecule has 0 aliphatic rings. The maximum atomic E-state index is 12.5. The minimum atomic E-state index is -0.408. The van der Waals surface area contributed by atoms with Gasteiger partial charge in [0.1, 0.15) is 17.2 Å². The molecule has 0 saturated heterocycles. The van der Waals surface area contributed by atoms with Crippen LogP contribution in [0.25, 0.3) is 0 Å². The number of pyridine rings is 1. The highest BCUT2D eigenvalue weighted by molar-refractivity contribution is 6.07. The van der Waals surface area contributed by atoms with E-state index in [9.17, 15) is 9.59 Å². The van der Waals surface area contributed by atoms with Gasteiger partial charge in [-0.15, -0.1) is 0 Å². The molecule has 0 aliphatic heterocycles. The van der Waals surface area contributed by atoms with E-state index in [2.05, 4.69) is 15.6 Å². The minimum Gasteiger partial charge on any atom is -0.494 e. The first-order chi connectivity index (χ1) is 14.6. The zero-order valence-electron chi connectivity index (χ0n) is 16.8. The fraction of sp³-hybridized carbons (Fsp3) is 0.174. The Hall–Kier alpha value is -3.87. The molecule has 0 spiro atoms. The van der Waals surface area contributed by atoms with Crippen LogP contribution in [0.2, 0.25) is 0 Å². The number of rotatable bonds is 8. The van der Waals surface area contributed by atoms with Crippen LogP contribution in [0.15, 0.2) is 66.9 Å². The van der Waals surface area contributed by atoms with Crippen LogP contribution in [0.4, 0.5) is 11.4 Å². The van der Waals surface area contributed by atoms with Crippen molar-refractivity contribution in [3.05, 3.63) is 78.1 Å². The van der Waals surface area contributed by atoms with Gasteiger partial charge in [0.05, 0.1) is 13.2 Å². The molecule has 2 aromatic carbocycles. The lowest BCUT2D eigenvalue weighted by Crippen LogP contribution is -2.17. The predicted molar refractivity (Wildman–Crippen MR) is 115 cm³/mol. The zero-order chi connectivity index (χ0) is 21.3. The molecule has 0 unspecified atom stereocenters. The number of ether oxygens (including phenoxy) is 2. The molecular weight excluding hydrogens is 382 g/mol. The third-order valence-corrected chi connectivity index (χ3v) is 4.10. The van der Waals surface area contributed by atoms with Crippen molar-refractivity contribution in [1.29, 1.82) is 0 Å². The Kier molecular flexibility index (Phi) is 7.00. The van der Waals surface area contributed by atoms with Crippen molar-refractivity contribution in [2.24, 2.45) is 0 Å². The molecular formula is C23H23N3O4. The lowest BCUT2D eigenvalue weighted by Gasteiger charge is -2.09. The van der Waals surface area contributed by atoms with Gasteiger partial charge < -0.3 is 20.1 Å². The van der Waals surface area contributed by atoms with Crippen molar-refractivity contribution in [1.82, 2.24) is 4.98 Å². The van der Waals surface area contributed by atoms with Crippen LogP contribution in [0, 0.1) is 0 Å². The van der Waals surface area contributed by atoms with Gasteiger partial charge >= 0.3 is 0 Å². The topological polar surface area (TPSA) is 89.5 Å². The van der Waals surface area contributed by atoms with E-state index in [1.54, 1.807) is 54.6 Å². The number of hydrogen-bond acceptors (Lipinski definition) is 5. The Labute approximate surface area is 175 Å². The van der Waals surface area contributed by atoms with E-state index in [4.69, 9.17) is 9.47 Å². The number of hydrogen-bond donors (Lipinski definition) is 2. The van der Waals surface area contributed by atoms with Crippen molar-refractivity contribution in [3.63, 3.8) is 0 Å². The second-order valence-corrected chi connectivity index (χ2v) is 6.25. The molecule has 2 amide bonds. The highest BCUT2D eigenvalue weighted by Gasteiger charge is 2.13. The number of aromatic nitrogens is 1. The summed E-state index contributed by atoms with van der Waals surface area (Å²) < 4.78 is 10.8. The SMILES string of the molecule is CCOc1ccc(NC(=O)c2ccnc(C(=O)Nc3ccc(OCC)cc3)c2)cc1. The number of carbonyl (C=O) groups excluding carboxylic acids is 2. The van der Waals surface area contributed by atoms with Crippen LogP contribution in [0.3, 0.4) is 0 Å². The number of anilines is 2. The summed E-state index contributed by atoms with van der Waals surface area (Å²) in [6.45, 7) is 4.95. The van der Waals surface area contributed by atoms with Gasteiger partial charge in [0, 0.05) is 23.1 Å². The third kappa shape index (κ3) is 5.57. The van der Waals surface area contributed by atoms with Crippen molar-refractivity contribution in [2.45, 2.75) is 13.8 Å². The maximum Gasteiger partial charge on any atom is 0.274 e. The van der Waals surface area contributed by atoms with Gasteiger partial charge in [-0.25, -0.2) is 0 Å². The highest BCUT2D eigenvalue weighted by atomic mass is 16.5. The lowest BCUT2D eigenvalue weighted by molar-refractivity contribution is 0.102. The summed E-state index contributed by atoms with van der Waals surface area (Å²) in [5.74, 6) is 0.709. The summed E-state index contributed by atoms with van der Waals surface area (Å²) in [6.07, 6.45) is 1.43. The normalized spacial score (nSPS) is 10.2. The van der Waals surface area contributed by atoms with Crippen LogP contribution in [-0.2, 0) is 0 Å². The molecule has 1 aromatic heterocycles. The lowest BCUT2D eigenvalue weighted by atomic mass is 10.2. The maximum absolute atomic E-state index is 12.5. The van der Waals surface area contributed by atoms with Crippen molar-refractivity contribution < 1.29 is 19.1 Å². The Balaban J connectivity index is 1.65. The zero-order valence-corrected chi connectivity index (χ0v) is 16.8. The van der Waals surface area contributed by atoms with Gasteiger partial charge in [0.15, 0.2) is 0 Å². The molecule has 0 saturated carbocycles. The fourth-order valence-corrected chi connectivity index (χ4v) is 2.70. The number of benzene rings is 2. The van der Waals surface area contributed by atoms with Gasteiger partial charge in [0.25, 0.3) is 11.8 Å². The van der Waals surface area contributed by atoms with Gasteiger partial charge in [-0.05, 0) is 74.5 Å². The van der Waals surface area contributed by atoms with E-state index in [0.29, 0.717) is 30.2 Å². The molecule has 0 bridgehead atoms. The molecule has 3 rings (SSSR count). The molecule has 0 atom stereocenters. The van der Waals surface area contributed by atoms with E-state index in [0.717, 1.165) is 11.5 Å². The molecule has 7 heteroatoms. The summed E-state index contributed by atoms with van der Waals surface area (Å²) in [6, 6.07) is 17.1. The molecule has 0 fully saturated rings. The smallest absolute Gasteiger partial charge is 0.274 e. The van der Waals surface area contributed by atoms with E-state index in [1.165, 1.54) is 12.3 Å². The van der Waals surface area contributed by atoms with Gasteiger partial charge in [-0.2, -0.15) is 0 Å². The van der Waals surface area contributed by atoms with Crippen LogP contribution >= 0.6 is 0 Å². The Bertz CT molecular complexity index is 923. The molecule has 1 heterocycles. The molecule has 2 N–H and O–H groups in total. The second-order valence-electron chi connectivity index (χ2n) is 6.25. The van der Waals surface area contributed by atoms with Gasteiger partial charge in [0.2, 0.25) is 0 Å². The van der Waals surface area contributed by atoms with E-state index >= 15 is 0 Å². The molecule has 30 heavy (non-hydrogen) atoms. The summed E-state index contributed by atoms with van der Waals surface area (Å²) in [7, 11) is 0. The monoisotopic (exact) mass is 405 g/mol. The molecule has 7 nitrogen and oxygen atoms in total. The molecule has 3 aromatic rings. The molecule has 0 aliphatic carbocycles. The summed E-state index contributed by atoms with van der Waals surface area (Å²) >= 11 is 0. The van der Waals surface area contributed by atoms with Gasteiger partial charge in [-0.3, -0.25) is 14.6 Å². The first-order valence-corrected chi connectivity index (χ1v) is 9.63. The van der Waals surface area contributed by atoms with Gasteiger partial charge in [-0.1, -0.05) is 0 Å². The van der Waals surface area contributed by atoms with Crippen LogP contribution in [-0.4, -0.2) is 30.0 Å². The number of amides is 2. The average molecular weight is 405 g/mol. The van der Waals surface area contributed by atoms with Crippen molar-refractivity contribution >= 4 is 23.2 Å². The Morgan fingerprint density at radius 1 is 0.767 bits per heavy atom. The fourth-order valence-electron chi connectivity index (χ4n) is 2.70. The largest absolute Gasteiger partial charge is 0.494 e. The number of carbonyl (C=O) groups is 2. The van der Waals surface area contributed by atoms with Crippen LogP contribution in [0.1, 0.15) is 34.7 Å². The number of nitrogens with one attached hydrogen (secondary N) is 2. The Morgan fingerprint density at radius 3 is 1.77 bits per heavy atom. The van der Waals surface area contributed by atoms with Crippen LogP contribution in [0.5, 0.6) is 11.5 Å². The summed E-state index contributed by atoms with van der Waals surface area (Å²) in [4.78, 5) is 29.1. The third-order valence-electron chi connectivity index (χ3n) is 4.10. The Morgan fingerprint density at radius 2 is 1.27 bits per heavy atom. The second kappa shape index (κ2) is 10.1. The quantitative estimate of drug-likeness (QED) is 0.580. The highest BCUT2D eigenvalue weighted by Crippen LogP contribution is 2.18. The first kappa shape index (κ1) is 20.9. The number of nitrogens with zero attached hydrogens (tertiary/aromatic N) is 1. The average Bonchev–Trinajstić information content (AvgIpc) is 2.77. The van der Waals surface area contributed by atoms with E-state index in [-0.39, 0.29) is 11.6 Å². The summed E-state index contributed by atoms with van der Waals surface area (Å²) in [5, 5.41) is 5.55.